The average Bonchev–Trinajstić information content (AvgIpc) is 3.20. The lowest BCUT2D eigenvalue weighted by molar-refractivity contribution is -0.116. The molecule has 29 heavy (non-hydrogen) atoms. The van der Waals surface area contributed by atoms with Crippen LogP contribution in [0.3, 0.4) is 0 Å². The Labute approximate surface area is 171 Å². The molecule has 1 aromatic heterocycles. The molecule has 0 bridgehead atoms. The number of hydrogen-bond acceptors (Lipinski definition) is 5. The van der Waals surface area contributed by atoms with Crippen LogP contribution < -0.4 is 14.8 Å². The Balaban J connectivity index is 1.62. The molecule has 0 atom stereocenters. The van der Waals surface area contributed by atoms with Crippen LogP contribution in [0.15, 0.2) is 36.5 Å². The summed E-state index contributed by atoms with van der Waals surface area (Å²) in [6.45, 7) is 1.83. The van der Waals surface area contributed by atoms with Gasteiger partial charge in [-0.15, -0.1) is 0 Å². The van der Waals surface area contributed by atoms with Gasteiger partial charge in [0.05, 0.1) is 19.8 Å². The summed E-state index contributed by atoms with van der Waals surface area (Å²) in [6, 6.07) is 8.73. The van der Waals surface area contributed by atoms with Crippen molar-refractivity contribution in [2.24, 2.45) is 0 Å². The van der Waals surface area contributed by atoms with Gasteiger partial charge in [-0.3, -0.25) is 9.59 Å². The number of aromatic nitrogens is 1. The molecule has 1 saturated carbocycles. The number of pyridine rings is 1. The topological polar surface area (TPSA) is 80.8 Å². The fourth-order valence-corrected chi connectivity index (χ4v) is 3.38. The number of carbonyl (C=O) groups excluding carboxylic acids is 2. The van der Waals surface area contributed by atoms with Crippen LogP contribution in [0.25, 0.3) is 0 Å². The number of rotatable bonds is 7. The Morgan fingerprint density at radius 1 is 1.17 bits per heavy atom. The van der Waals surface area contributed by atoms with Crippen LogP contribution in [0.5, 0.6) is 11.5 Å². The Morgan fingerprint density at radius 2 is 1.93 bits per heavy atom. The highest BCUT2D eigenvalue weighted by molar-refractivity contribution is 5.99. The number of nitrogens with one attached hydrogen (secondary N) is 1. The Morgan fingerprint density at radius 3 is 2.62 bits per heavy atom. The zero-order valence-corrected chi connectivity index (χ0v) is 17.1. The third kappa shape index (κ3) is 5.47. The normalized spacial score (nSPS) is 13.8. The van der Waals surface area contributed by atoms with Crippen LogP contribution in [0.2, 0.25) is 0 Å². The molecule has 0 spiro atoms. The smallest absolute Gasteiger partial charge is 0.254 e. The van der Waals surface area contributed by atoms with E-state index in [1.807, 2.05) is 13.0 Å². The predicted octanol–water partition coefficient (Wildman–Crippen LogP) is 3.43. The van der Waals surface area contributed by atoms with Crippen molar-refractivity contribution in [2.45, 2.75) is 38.7 Å². The van der Waals surface area contributed by atoms with Crippen LogP contribution in [0, 0.1) is 6.92 Å². The summed E-state index contributed by atoms with van der Waals surface area (Å²) in [5.74, 6) is 1.03. The molecule has 0 aliphatic heterocycles. The van der Waals surface area contributed by atoms with Crippen molar-refractivity contribution in [3.8, 4) is 11.5 Å². The molecule has 1 aliphatic rings. The third-order valence-electron chi connectivity index (χ3n) is 4.92. The number of amides is 2. The summed E-state index contributed by atoms with van der Waals surface area (Å²) < 4.78 is 11.4. The first kappa shape index (κ1) is 20.6. The number of ether oxygens (including phenoxy) is 2. The number of anilines is 1. The fraction of sp³-hybridized carbons (Fsp3) is 0.409. The van der Waals surface area contributed by atoms with Crippen molar-refractivity contribution >= 4 is 17.6 Å². The van der Waals surface area contributed by atoms with Crippen molar-refractivity contribution < 1.29 is 19.1 Å². The third-order valence-corrected chi connectivity index (χ3v) is 4.92. The van der Waals surface area contributed by atoms with Crippen molar-refractivity contribution in [2.75, 3.05) is 26.0 Å². The van der Waals surface area contributed by atoms with Gasteiger partial charge < -0.3 is 19.7 Å². The van der Waals surface area contributed by atoms with E-state index in [-0.39, 0.29) is 24.5 Å². The van der Waals surface area contributed by atoms with E-state index in [1.54, 1.807) is 44.6 Å². The number of hydrogen-bond donors (Lipinski definition) is 1. The maximum atomic E-state index is 12.7. The highest BCUT2D eigenvalue weighted by atomic mass is 16.5. The second-order valence-corrected chi connectivity index (χ2v) is 7.32. The average molecular weight is 397 g/mol. The Hall–Kier alpha value is -3.09. The van der Waals surface area contributed by atoms with Gasteiger partial charge in [-0.1, -0.05) is 0 Å². The quantitative estimate of drug-likeness (QED) is 0.774. The van der Waals surface area contributed by atoms with Crippen molar-refractivity contribution in [1.29, 1.82) is 0 Å². The number of benzene rings is 1. The maximum absolute atomic E-state index is 12.7. The lowest BCUT2D eigenvalue weighted by Crippen LogP contribution is -2.35. The number of likely N-dealkylation sites (N-methyl/N-ethyl adjacent to an activating group) is 1. The zero-order chi connectivity index (χ0) is 20.8. The zero-order valence-electron chi connectivity index (χ0n) is 17.1. The molecule has 0 unspecified atom stereocenters. The molecule has 0 saturated heterocycles. The Bertz CT molecular complexity index is 878. The van der Waals surface area contributed by atoms with E-state index in [0.29, 0.717) is 22.9 Å². The van der Waals surface area contributed by atoms with E-state index in [1.165, 1.54) is 17.7 Å². The first-order valence-electron chi connectivity index (χ1n) is 9.79. The number of carbonyl (C=O) groups is 2. The molecule has 1 N–H and O–H groups in total. The SMILES string of the molecule is COc1cc(C(=O)N(C)CC(=O)Nc2cc(C)ccn2)ccc1OC1CCCC1. The number of aryl methyl sites for hydroxylation is 1. The predicted molar refractivity (Wildman–Crippen MR) is 110 cm³/mol. The monoisotopic (exact) mass is 397 g/mol. The van der Waals surface area contributed by atoms with Gasteiger partial charge in [-0.25, -0.2) is 4.98 Å². The molecule has 0 radical (unpaired) electrons. The van der Waals surface area contributed by atoms with Gasteiger partial charge in [0.15, 0.2) is 11.5 Å². The molecule has 2 amide bonds. The minimum Gasteiger partial charge on any atom is -0.493 e. The van der Waals surface area contributed by atoms with E-state index < -0.39 is 0 Å². The van der Waals surface area contributed by atoms with E-state index in [2.05, 4.69) is 10.3 Å². The van der Waals surface area contributed by atoms with Crippen molar-refractivity contribution in [3.63, 3.8) is 0 Å². The standard InChI is InChI=1S/C22H27N3O4/c1-15-10-11-23-20(12-15)24-21(26)14-25(2)22(27)16-8-9-18(19(13-16)28-3)29-17-6-4-5-7-17/h8-13,17H,4-7,14H2,1-3H3,(H,23,24,26). The minimum atomic E-state index is -0.313. The van der Waals surface area contributed by atoms with Gasteiger partial charge in [-0.2, -0.15) is 0 Å². The van der Waals surface area contributed by atoms with Crippen LogP contribution in [0.4, 0.5) is 5.82 Å². The van der Waals surface area contributed by atoms with Gasteiger partial charge in [-0.05, 0) is 68.5 Å². The summed E-state index contributed by atoms with van der Waals surface area (Å²) in [4.78, 5) is 30.5. The summed E-state index contributed by atoms with van der Waals surface area (Å²) in [6.07, 6.45) is 6.26. The van der Waals surface area contributed by atoms with E-state index in [4.69, 9.17) is 9.47 Å². The lowest BCUT2D eigenvalue weighted by atomic mass is 10.1. The highest BCUT2D eigenvalue weighted by Crippen LogP contribution is 2.32. The lowest BCUT2D eigenvalue weighted by Gasteiger charge is -2.19. The van der Waals surface area contributed by atoms with Crippen LogP contribution in [-0.2, 0) is 4.79 Å². The second kappa shape index (κ2) is 9.41. The molecule has 1 aromatic carbocycles. The van der Waals surface area contributed by atoms with Crippen LogP contribution >= 0.6 is 0 Å². The fourth-order valence-electron chi connectivity index (χ4n) is 3.38. The van der Waals surface area contributed by atoms with Gasteiger partial charge in [0.2, 0.25) is 5.91 Å². The summed E-state index contributed by atoms with van der Waals surface area (Å²) in [7, 11) is 3.14. The summed E-state index contributed by atoms with van der Waals surface area (Å²) in [5.41, 5.74) is 1.43. The molecule has 3 rings (SSSR count). The summed E-state index contributed by atoms with van der Waals surface area (Å²) in [5, 5.41) is 2.70. The number of methoxy groups -OCH3 is 1. The largest absolute Gasteiger partial charge is 0.493 e. The molecule has 7 nitrogen and oxygen atoms in total. The van der Waals surface area contributed by atoms with E-state index >= 15 is 0 Å². The van der Waals surface area contributed by atoms with Gasteiger partial charge in [0, 0.05) is 18.8 Å². The van der Waals surface area contributed by atoms with Gasteiger partial charge in [0.1, 0.15) is 5.82 Å². The highest BCUT2D eigenvalue weighted by Gasteiger charge is 2.21. The second-order valence-electron chi connectivity index (χ2n) is 7.32. The molecule has 1 heterocycles. The molecular formula is C22H27N3O4. The molecule has 154 valence electrons. The Kier molecular flexibility index (Phi) is 6.69. The molecule has 1 fully saturated rings. The van der Waals surface area contributed by atoms with Gasteiger partial charge in [0.25, 0.3) is 5.91 Å². The summed E-state index contributed by atoms with van der Waals surface area (Å²) >= 11 is 0. The molecule has 2 aromatic rings. The van der Waals surface area contributed by atoms with Crippen molar-refractivity contribution in [3.05, 3.63) is 47.7 Å². The van der Waals surface area contributed by atoms with Crippen LogP contribution in [0.1, 0.15) is 41.6 Å². The first-order chi connectivity index (χ1) is 14.0. The van der Waals surface area contributed by atoms with E-state index in [9.17, 15) is 9.59 Å². The molecule has 1 aliphatic carbocycles. The van der Waals surface area contributed by atoms with Crippen LogP contribution in [-0.4, -0.2) is 48.5 Å². The van der Waals surface area contributed by atoms with Gasteiger partial charge >= 0.3 is 0 Å². The van der Waals surface area contributed by atoms with E-state index in [0.717, 1.165) is 18.4 Å². The maximum Gasteiger partial charge on any atom is 0.254 e. The molecular weight excluding hydrogens is 370 g/mol. The number of nitrogens with zero attached hydrogens (tertiary/aromatic N) is 2. The van der Waals surface area contributed by atoms with Crippen molar-refractivity contribution in [1.82, 2.24) is 9.88 Å². The first-order valence-corrected chi connectivity index (χ1v) is 9.79. The minimum absolute atomic E-state index is 0.0862. The molecule has 7 heteroatoms.